The molecule has 21 heavy (non-hydrogen) atoms. The van der Waals surface area contributed by atoms with Crippen LogP contribution in [0.3, 0.4) is 0 Å². The molecule has 1 atom stereocenters. The molecule has 6 nitrogen and oxygen atoms in total. The van der Waals surface area contributed by atoms with Crippen molar-refractivity contribution < 1.29 is 19.4 Å². The fourth-order valence-electron chi connectivity index (χ4n) is 2.29. The maximum Gasteiger partial charge on any atom is 0.410 e. The number of piperidine rings is 1. The molecule has 0 aromatic heterocycles. The number of nitrogens with zero attached hydrogens (tertiary/aromatic N) is 1. The van der Waals surface area contributed by atoms with E-state index in [1.165, 1.54) is 4.90 Å². The van der Waals surface area contributed by atoms with Crippen molar-refractivity contribution in [2.24, 2.45) is 5.73 Å². The molecule has 0 aliphatic carbocycles. The number of rotatable bonds is 4. The van der Waals surface area contributed by atoms with Crippen LogP contribution in [0.15, 0.2) is 30.3 Å². The first-order chi connectivity index (χ1) is 10.1. The number of ether oxygens (including phenoxy) is 1. The van der Waals surface area contributed by atoms with Crippen LogP contribution >= 0.6 is 0 Å². The lowest BCUT2D eigenvalue weighted by Gasteiger charge is -2.30. The first-order valence-electron chi connectivity index (χ1n) is 7.04. The van der Waals surface area contributed by atoms with E-state index in [9.17, 15) is 14.7 Å². The smallest absolute Gasteiger partial charge is 0.410 e. The molecule has 3 N–H and O–H groups in total. The molecule has 1 aliphatic rings. The van der Waals surface area contributed by atoms with Gasteiger partial charge in [0.15, 0.2) is 0 Å². The summed E-state index contributed by atoms with van der Waals surface area (Å²) < 4.78 is 5.14. The molecule has 1 amide bonds. The minimum atomic E-state index is -1.17. The summed E-state index contributed by atoms with van der Waals surface area (Å²) in [5, 5.41) is 9.21. The molecule has 1 heterocycles. The molecule has 114 valence electrons. The van der Waals surface area contributed by atoms with Gasteiger partial charge in [-0.1, -0.05) is 30.3 Å². The summed E-state index contributed by atoms with van der Waals surface area (Å²) in [6.07, 6.45) is -0.160. The maximum absolute atomic E-state index is 12.0. The van der Waals surface area contributed by atoms with Crippen LogP contribution in [0.25, 0.3) is 0 Å². The molecule has 2 rings (SSSR count). The van der Waals surface area contributed by atoms with Crippen LogP contribution in [0.4, 0.5) is 4.79 Å². The Morgan fingerprint density at radius 3 is 2.48 bits per heavy atom. The molecule has 1 unspecified atom stereocenters. The summed E-state index contributed by atoms with van der Waals surface area (Å²) in [7, 11) is 0. The second-order valence-electron chi connectivity index (χ2n) is 5.22. The number of hydrogen-bond acceptors (Lipinski definition) is 4. The van der Waals surface area contributed by atoms with Gasteiger partial charge in [0.1, 0.15) is 0 Å². The van der Waals surface area contributed by atoms with Gasteiger partial charge in [-0.15, -0.1) is 0 Å². The number of hydrogen-bond donors (Lipinski definition) is 2. The SMILES string of the molecule is NC1CCN(C(=O)OC(Cc2ccccc2)C(=O)O)CC1. The average molecular weight is 292 g/mol. The van der Waals surface area contributed by atoms with Gasteiger partial charge < -0.3 is 20.5 Å². The second kappa shape index (κ2) is 7.08. The zero-order chi connectivity index (χ0) is 15.2. The number of aliphatic carboxylic acids is 1. The molecule has 1 aromatic carbocycles. The van der Waals surface area contributed by atoms with Crippen molar-refractivity contribution in [2.75, 3.05) is 13.1 Å². The van der Waals surface area contributed by atoms with Gasteiger partial charge in [-0.3, -0.25) is 0 Å². The van der Waals surface area contributed by atoms with Crippen molar-refractivity contribution in [2.45, 2.75) is 31.4 Å². The standard InChI is InChI=1S/C15H20N2O4/c16-12-6-8-17(9-7-12)15(20)21-13(14(18)19)10-11-4-2-1-3-5-11/h1-5,12-13H,6-10,16H2,(H,18,19). The molecule has 1 fully saturated rings. The van der Waals surface area contributed by atoms with Gasteiger partial charge in [-0.05, 0) is 18.4 Å². The van der Waals surface area contributed by atoms with Crippen LogP contribution in [0.1, 0.15) is 18.4 Å². The molecule has 0 spiro atoms. The topological polar surface area (TPSA) is 92.9 Å². The lowest BCUT2D eigenvalue weighted by molar-refractivity contribution is -0.147. The normalized spacial score (nSPS) is 17.3. The molecule has 1 aliphatic heterocycles. The number of likely N-dealkylation sites (tertiary alicyclic amines) is 1. The van der Waals surface area contributed by atoms with E-state index < -0.39 is 18.2 Å². The van der Waals surface area contributed by atoms with E-state index in [2.05, 4.69) is 0 Å². The van der Waals surface area contributed by atoms with Gasteiger partial charge in [0, 0.05) is 25.6 Å². The van der Waals surface area contributed by atoms with Gasteiger partial charge in [0.2, 0.25) is 6.10 Å². The fraction of sp³-hybridized carbons (Fsp3) is 0.467. The summed E-state index contributed by atoms with van der Waals surface area (Å²) in [6, 6.07) is 9.22. The van der Waals surface area contributed by atoms with E-state index in [0.717, 1.165) is 5.56 Å². The molecular weight excluding hydrogens is 272 g/mol. The van der Waals surface area contributed by atoms with Gasteiger partial charge >= 0.3 is 12.1 Å². The maximum atomic E-state index is 12.0. The zero-order valence-electron chi connectivity index (χ0n) is 11.8. The van der Waals surface area contributed by atoms with Crippen molar-refractivity contribution in [1.82, 2.24) is 4.90 Å². The second-order valence-corrected chi connectivity index (χ2v) is 5.22. The molecular formula is C15H20N2O4. The number of carboxylic acids is 1. The Bertz CT molecular complexity index is 484. The van der Waals surface area contributed by atoms with Gasteiger partial charge in [-0.2, -0.15) is 0 Å². The highest BCUT2D eigenvalue weighted by Gasteiger charge is 2.27. The highest BCUT2D eigenvalue weighted by Crippen LogP contribution is 2.12. The third-order valence-electron chi connectivity index (χ3n) is 3.58. The lowest BCUT2D eigenvalue weighted by atomic mass is 10.1. The Morgan fingerprint density at radius 1 is 1.29 bits per heavy atom. The number of benzene rings is 1. The van der Waals surface area contributed by atoms with Gasteiger partial charge in [0.25, 0.3) is 0 Å². The van der Waals surface area contributed by atoms with E-state index in [-0.39, 0.29) is 12.5 Å². The summed E-state index contributed by atoms with van der Waals surface area (Å²) >= 11 is 0. The highest BCUT2D eigenvalue weighted by atomic mass is 16.6. The van der Waals surface area contributed by atoms with Crippen molar-refractivity contribution in [3.05, 3.63) is 35.9 Å². The number of carbonyl (C=O) groups excluding carboxylic acids is 1. The first kappa shape index (κ1) is 15.3. The first-order valence-corrected chi connectivity index (χ1v) is 7.04. The predicted molar refractivity (Wildman–Crippen MR) is 76.8 cm³/mol. The van der Waals surface area contributed by atoms with E-state index >= 15 is 0 Å². The minimum absolute atomic E-state index is 0.105. The third-order valence-corrected chi connectivity index (χ3v) is 3.58. The number of carbonyl (C=O) groups is 2. The molecule has 6 heteroatoms. The van der Waals surface area contributed by atoms with E-state index in [1.807, 2.05) is 30.3 Å². The van der Waals surface area contributed by atoms with Crippen LogP contribution in [-0.4, -0.2) is 47.3 Å². The van der Waals surface area contributed by atoms with Crippen LogP contribution in [-0.2, 0) is 16.0 Å². The fourth-order valence-corrected chi connectivity index (χ4v) is 2.29. The van der Waals surface area contributed by atoms with E-state index in [1.54, 1.807) is 0 Å². The highest BCUT2D eigenvalue weighted by molar-refractivity contribution is 5.77. The number of amides is 1. The Kier molecular flexibility index (Phi) is 5.16. The van der Waals surface area contributed by atoms with E-state index in [4.69, 9.17) is 10.5 Å². The van der Waals surface area contributed by atoms with Crippen molar-refractivity contribution in [3.63, 3.8) is 0 Å². The Hall–Kier alpha value is -2.08. The monoisotopic (exact) mass is 292 g/mol. The van der Waals surface area contributed by atoms with Gasteiger partial charge in [0.05, 0.1) is 0 Å². The Labute approximate surface area is 123 Å². The Balaban J connectivity index is 1.93. The number of carboxylic acid groups (broad SMARTS) is 1. The number of nitrogens with two attached hydrogens (primary N) is 1. The average Bonchev–Trinajstić information content (AvgIpc) is 2.48. The largest absolute Gasteiger partial charge is 0.478 e. The summed E-state index contributed by atoms with van der Waals surface area (Å²) in [6.45, 7) is 1.02. The third kappa shape index (κ3) is 4.46. The quantitative estimate of drug-likeness (QED) is 0.871. The summed E-state index contributed by atoms with van der Waals surface area (Å²) in [5.41, 5.74) is 6.59. The Morgan fingerprint density at radius 2 is 1.90 bits per heavy atom. The minimum Gasteiger partial charge on any atom is -0.478 e. The zero-order valence-corrected chi connectivity index (χ0v) is 11.8. The van der Waals surface area contributed by atoms with Crippen LogP contribution in [0.2, 0.25) is 0 Å². The van der Waals surface area contributed by atoms with Crippen molar-refractivity contribution >= 4 is 12.1 Å². The predicted octanol–water partition coefficient (Wildman–Crippen LogP) is 1.24. The molecule has 0 saturated carbocycles. The van der Waals surface area contributed by atoms with Crippen LogP contribution in [0.5, 0.6) is 0 Å². The van der Waals surface area contributed by atoms with Crippen molar-refractivity contribution in [3.8, 4) is 0 Å². The molecule has 1 saturated heterocycles. The molecule has 1 aromatic rings. The van der Waals surface area contributed by atoms with Crippen molar-refractivity contribution in [1.29, 1.82) is 0 Å². The van der Waals surface area contributed by atoms with Gasteiger partial charge in [-0.25, -0.2) is 9.59 Å². The van der Waals surface area contributed by atoms with Crippen LogP contribution in [0, 0.1) is 0 Å². The molecule has 0 radical (unpaired) electrons. The summed E-state index contributed by atoms with van der Waals surface area (Å²) in [4.78, 5) is 24.8. The lowest BCUT2D eigenvalue weighted by Crippen LogP contribution is -2.45. The van der Waals surface area contributed by atoms with E-state index in [0.29, 0.717) is 25.9 Å². The van der Waals surface area contributed by atoms with Crippen LogP contribution < -0.4 is 5.73 Å². The summed E-state index contributed by atoms with van der Waals surface area (Å²) in [5.74, 6) is -1.14. The molecule has 0 bridgehead atoms.